The lowest BCUT2D eigenvalue weighted by Gasteiger charge is -2.49. The maximum Gasteiger partial charge on any atom is 0.231 e. The molecule has 0 aromatic heterocycles. The van der Waals surface area contributed by atoms with Crippen LogP contribution in [0.4, 0.5) is 0 Å². The molecule has 1 N–H and O–H groups in total. The molecule has 0 radical (unpaired) electrons. The Morgan fingerprint density at radius 2 is 1.87 bits per heavy atom. The summed E-state index contributed by atoms with van der Waals surface area (Å²) in [7, 11) is 1.71. The highest BCUT2D eigenvalue weighted by Crippen LogP contribution is 2.43. The van der Waals surface area contributed by atoms with Gasteiger partial charge in [0.1, 0.15) is 5.75 Å². The number of ether oxygens (including phenoxy) is 2. The summed E-state index contributed by atoms with van der Waals surface area (Å²) < 4.78 is 11.8. The zero-order valence-electron chi connectivity index (χ0n) is 18.1. The predicted molar refractivity (Wildman–Crippen MR) is 123 cm³/mol. The predicted octanol–water partition coefficient (Wildman–Crippen LogP) is 3.34. The van der Waals surface area contributed by atoms with Gasteiger partial charge in [-0.25, -0.2) is 0 Å². The molecular weight excluding hydrogens is 412 g/mol. The van der Waals surface area contributed by atoms with Crippen LogP contribution in [-0.2, 0) is 28.0 Å². The Hall–Kier alpha value is -2.08. The number of hydrogen-bond acceptors (Lipinski definition) is 4. The number of methoxy groups -OCH3 is 1. The Kier molecular flexibility index (Phi) is 6.29. The summed E-state index contributed by atoms with van der Waals surface area (Å²) in [6.45, 7) is 3.76. The van der Waals surface area contributed by atoms with E-state index >= 15 is 0 Å². The number of piperidine rings is 1. The number of carbonyl (C=O) groups excluding carboxylic acids is 1. The number of likely N-dealkylation sites (tertiary alicyclic amines) is 1. The third kappa shape index (κ3) is 3.95. The second-order valence-corrected chi connectivity index (χ2v) is 8.95. The first-order valence-corrected chi connectivity index (χ1v) is 11.0. The van der Waals surface area contributed by atoms with Crippen LogP contribution < -0.4 is 10.1 Å². The van der Waals surface area contributed by atoms with Gasteiger partial charge in [-0.1, -0.05) is 36.4 Å². The normalized spacial score (nSPS) is 20.9. The van der Waals surface area contributed by atoms with Gasteiger partial charge >= 0.3 is 0 Å². The van der Waals surface area contributed by atoms with Crippen molar-refractivity contribution >= 4 is 18.3 Å². The molecule has 31 heavy (non-hydrogen) atoms. The van der Waals surface area contributed by atoms with Crippen LogP contribution in [0.15, 0.2) is 48.5 Å². The number of nitrogens with zero attached hydrogens (tertiary/aromatic N) is 1. The van der Waals surface area contributed by atoms with Crippen LogP contribution in [0.5, 0.6) is 5.75 Å². The topological polar surface area (TPSA) is 50.8 Å². The Morgan fingerprint density at radius 1 is 1.13 bits per heavy atom. The molecule has 2 aromatic carbocycles. The molecule has 0 bridgehead atoms. The lowest BCUT2D eigenvalue weighted by molar-refractivity contribution is -0.153. The molecule has 2 saturated heterocycles. The summed E-state index contributed by atoms with van der Waals surface area (Å²) in [4.78, 5) is 15.6. The quantitative estimate of drug-likeness (QED) is 0.789. The van der Waals surface area contributed by atoms with Crippen LogP contribution in [0.2, 0.25) is 0 Å². The molecule has 0 unspecified atom stereocenters. The van der Waals surface area contributed by atoms with Crippen molar-refractivity contribution in [2.24, 2.45) is 5.41 Å². The third-order valence-corrected chi connectivity index (χ3v) is 7.18. The highest BCUT2D eigenvalue weighted by atomic mass is 35.5. The van der Waals surface area contributed by atoms with Gasteiger partial charge < -0.3 is 19.7 Å². The molecule has 1 amide bonds. The summed E-state index contributed by atoms with van der Waals surface area (Å²) in [5.74, 6) is 1.20. The van der Waals surface area contributed by atoms with Crippen LogP contribution in [0.25, 0.3) is 0 Å². The van der Waals surface area contributed by atoms with E-state index < -0.39 is 0 Å². The average molecular weight is 443 g/mol. The molecule has 3 aliphatic heterocycles. The third-order valence-electron chi connectivity index (χ3n) is 7.18. The second kappa shape index (κ2) is 8.81. The van der Waals surface area contributed by atoms with Crippen molar-refractivity contribution in [3.05, 3.63) is 65.2 Å². The summed E-state index contributed by atoms with van der Waals surface area (Å²) in [6.07, 6.45) is 3.43. The molecule has 5 rings (SSSR count). The van der Waals surface area contributed by atoms with Crippen molar-refractivity contribution in [2.45, 2.75) is 31.3 Å². The molecule has 0 aliphatic carbocycles. The lowest BCUT2D eigenvalue weighted by Crippen LogP contribution is -2.64. The maximum atomic E-state index is 13.5. The van der Waals surface area contributed by atoms with Gasteiger partial charge in [-0.3, -0.25) is 4.79 Å². The number of carbonyl (C=O) groups is 1. The summed E-state index contributed by atoms with van der Waals surface area (Å²) >= 11 is 0. The molecule has 6 heteroatoms. The number of hydrogen-bond donors (Lipinski definition) is 1. The largest absolute Gasteiger partial charge is 0.497 e. The molecule has 1 spiro atoms. The van der Waals surface area contributed by atoms with E-state index in [2.05, 4.69) is 46.6 Å². The molecule has 0 saturated carbocycles. The second-order valence-electron chi connectivity index (χ2n) is 8.95. The standard InChI is InChI=1S/C25H30N2O3.ClH/c1-29-21-7-8-22-20(15-21)9-14-30-25(22)10-12-27(13-11-25)23(28)24(17-26-18-24)16-19-5-3-2-4-6-19;/h2-8,15,26H,9-14,16-18H2,1H3;1H. The van der Waals surface area contributed by atoms with Gasteiger partial charge in [0, 0.05) is 26.2 Å². The first-order valence-electron chi connectivity index (χ1n) is 11.0. The van der Waals surface area contributed by atoms with Crippen LogP contribution in [-0.4, -0.2) is 50.7 Å². The minimum absolute atomic E-state index is 0. The van der Waals surface area contributed by atoms with Crippen LogP contribution in [0, 0.1) is 5.41 Å². The molecular formula is C25H31ClN2O3. The van der Waals surface area contributed by atoms with Gasteiger partial charge in [0.05, 0.1) is 24.7 Å². The van der Waals surface area contributed by atoms with Gasteiger partial charge in [-0.2, -0.15) is 0 Å². The van der Waals surface area contributed by atoms with Gasteiger partial charge in [-0.15, -0.1) is 12.4 Å². The summed E-state index contributed by atoms with van der Waals surface area (Å²) in [5.41, 5.74) is 3.28. The monoisotopic (exact) mass is 442 g/mol. The Labute approximate surface area is 190 Å². The van der Waals surface area contributed by atoms with Crippen molar-refractivity contribution in [3.63, 3.8) is 0 Å². The molecule has 166 valence electrons. The van der Waals surface area contributed by atoms with Crippen molar-refractivity contribution in [1.82, 2.24) is 10.2 Å². The minimum atomic E-state index is -0.301. The van der Waals surface area contributed by atoms with Crippen LogP contribution in [0.1, 0.15) is 29.5 Å². The fourth-order valence-corrected chi connectivity index (χ4v) is 5.37. The van der Waals surface area contributed by atoms with Gasteiger partial charge in [0.25, 0.3) is 0 Å². The van der Waals surface area contributed by atoms with E-state index in [0.29, 0.717) is 5.91 Å². The Balaban J connectivity index is 0.00000231. The molecule has 2 aromatic rings. The number of rotatable bonds is 4. The smallest absolute Gasteiger partial charge is 0.231 e. The van der Waals surface area contributed by atoms with Gasteiger partial charge in [0.2, 0.25) is 5.91 Å². The summed E-state index contributed by atoms with van der Waals surface area (Å²) in [5, 5.41) is 3.34. The van der Waals surface area contributed by atoms with Crippen molar-refractivity contribution in [2.75, 3.05) is 39.9 Å². The van der Waals surface area contributed by atoms with E-state index in [0.717, 1.165) is 64.2 Å². The molecule has 2 fully saturated rings. The first-order chi connectivity index (χ1) is 14.6. The summed E-state index contributed by atoms with van der Waals surface area (Å²) in [6, 6.07) is 16.7. The SMILES string of the molecule is COc1ccc2c(c1)CCOC21CCN(C(=O)C2(Cc3ccccc3)CNC2)CC1.Cl. The number of amides is 1. The van der Waals surface area contributed by atoms with E-state index in [9.17, 15) is 4.79 Å². The first kappa shape index (κ1) is 22.1. The van der Waals surface area contributed by atoms with E-state index in [4.69, 9.17) is 9.47 Å². The molecule has 0 atom stereocenters. The molecule has 5 nitrogen and oxygen atoms in total. The van der Waals surface area contributed by atoms with Crippen LogP contribution in [0.3, 0.4) is 0 Å². The number of halogens is 1. The zero-order chi connectivity index (χ0) is 20.6. The highest BCUT2D eigenvalue weighted by Gasteiger charge is 2.49. The zero-order valence-corrected chi connectivity index (χ0v) is 18.9. The molecule has 3 heterocycles. The fourth-order valence-electron chi connectivity index (χ4n) is 5.37. The van der Waals surface area contributed by atoms with E-state index in [-0.39, 0.29) is 23.4 Å². The number of nitrogens with one attached hydrogen (secondary N) is 1. The minimum Gasteiger partial charge on any atom is -0.497 e. The van der Waals surface area contributed by atoms with E-state index in [1.807, 2.05) is 12.1 Å². The fraction of sp³-hybridized carbons (Fsp3) is 0.480. The molecule has 3 aliphatic rings. The van der Waals surface area contributed by atoms with Crippen molar-refractivity contribution in [1.29, 1.82) is 0 Å². The van der Waals surface area contributed by atoms with E-state index in [1.54, 1.807) is 7.11 Å². The van der Waals surface area contributed by atoms with Crippen molar-refractivity contribution in [3.8, 4) is 5.75 Å². The Morgan fingerprint density at radius 3 is 2.52 bits per heavy atom. The van der Waals surface area contributed by atoms with Crippen LogP contribution >= 0.6 is 12.4 Å². The maximum absolute atomic E-state index is 13.5. The van der Waals surface area contributed by atoms with E-state index in [1.165, 1.54) is 16.7 Å². The van der Waals surface area contributed by atoms with Gasteiger partial charge in [-0.05, 0) is 54.5 Å². The van der Waals surface area contributed by atoms with Crippen molar-refractivity contribution < 1.29 is 14.3 Å². The number of fused-ring (bicyclic) bond motifs is 2. The Bertz CT molecular complexity index is 922. The lowest BCUT2D eigenvalue weighted by atomic mass is 9.73. The number of benzene rings is 2. The average Bonchev–Trinajstić information content (AvgIpc) is 2.77. The van der Waals surface area contributed by atoms with Gasteiger partial charge in [0.15, 0.2) is 0 Å². The highest BCUT2D eigenvalue weighted by molar-refractivity contribution is 5.85.